The quantitative estimate of drug-likeness (QED) is 0.518. The Labute approximate surface area is 218 Å². The zero-order chi connectivity index (χ0) is 26.5. The first-order chi connectivity index (χ1) is 17.4. The minimum absolute atomic E-state index is 0.0180. The summed E-state index contributed by atoms with van der Waals surface area (Å²) in [6.07, 6.45) is 5.25. The molecule has 37 heavy (non-hydrogen) atoms. The Hall–Kier alpha value is -3.10. The van der Waals surface area contributed by atoms with Crippen LogP contribution in [0.2, 0.25) is 0 Å². The first-order valence-corrected chi connectivity index (χ1v) is 13.1. The second-order valence-electron chi connectivity index (χ2n) is 11.9. The van der Waals surface area contributed by atoms with Crippen LogP contribution in [0.15, 0.2) is 35.1 Å². The zero-order valence-corrected chi connectivity index (χ0v) is 22.6. The molecule has 3 heterocycles. The number of carbonyl (C=O) groups excluding carboxylic acids is 1. The number of hydrogen-bond acceptors (Lipinski definition) is 7. The highest BCUT2D eigenvalue weighted by atomic mass is 16.5. The van der Waals surface area contributed by atoms with Crippen LogP contribution in [0.25, 0.3) is 11.1 Å². The lowest BCUT2D eigenvalue weighted by Gasteiger charge is -2.40. The number of nitrogens with zero attached hydrogens (tertiary/aromatic N) is 4. The summed E-state index contributed by atoms with van der Waals surface area (Å²) in [5.74, 6) is 1.09. The fourth-order valence-electron chi connectivity index (χ4n) is 5.21. The summed E-state index contributed by atoms with van der Waals surface area (Å²) in [6, 6.07) is 6.30. The topological polar surface area (TPSA) is 104 Å². The average molecular weight is 504 g/mol. The third-order valence-electron chi connectivity index (χ3n) is 7.65. The van der Waals surface area contributed by atoms with Gasteiger partial charge >= 0.3 is 0 Å². The molecule has 1 aliphatic heterocycles. The van der Waals surface area contributed by atoms with Crippen LogP contribution in [-0.2, 0) is 29.9 Å². The normalized spacial score (nSPS) is 20.0. The lowest BCUT2D eigenvalue weighted by atomic mass is 9.85. The highest BCUT2D eigenvalue weighted by Gasteiger charge is 2.47. The van der Waals surface area contributed by atoms with Gasteiger partial charge in [0, 0.05) is 48.7 Å². The maximum Gasteiger partial charge on any atom is 0.230 e. The molecule has 0 spiro atoms. The molecule has 8 nitrogen and oxygen atoms in total. The Kier molecular flexibility index (Phi) is 6.44. The Morgan fingerprint density at radius 1 is 1.19 bits per heavy atom. The molecule has 2 atom stereocenters. The number of benzene rings is 1. The third kappa shape index (κ3) is 5.31. The molecule has 3 aromatic rings. The van der Waals surface area contributed by atoms with Gasteiger partial charge in [-0.3, -0.25) is 14.7 Å². The minimum Gasteiger partial charge on any atom is -0.386 e. The number of nitrogens with one attached hydrogen (secondary N) is 1. The van der Waals surface area contributed by atoms with Gasteiger partial charge in [0.1, 0.15) is 0 Å². The van der Waals surface area contributed by atoms with Crippen molar-refractivity contribution < 1.29 is 14.4 Å². The van der Waals surface area contributed by atoms with Gasteiger partial charge in [-0.1, -0.05) is 17.3 Å². The molecule has 0 unspecified atom stereocenters. The molecular formula is C29H37N5O3. The van der Waals surface area contributed by atoms with E-state index in [4.69, 9.17) is 4.52 Å². The number of fused-ring (bicyclic) bond motifs is 1. The van der Waals surface area contributed by atoms with Crippen LogP contribution in [0.5, 0.6) is 0 Å². The third-order valence-corrected chi connectivity index (χ3v) is 7.65. The molecule has 0 saturated heterocycles. The summed E-state index contributed by atoms with van der Waals surface area (Å²) in [6.45, 7) is 14.3. The minimum atomic E-state index is -0.961. The highest BCUT2D eigenvalue weighted by molar-refractivity contribution is 5.82. The summed E-state index contributed by atoms with van der Waals surface area (Å²) in [5.41, 5.74) is 5.73. The molecule has 1 saturated carbocycles. The predicted octanol–water partition coefficient (Wildman–Crippen LogP) is 4.24. The first kappa shape index (κ1) is 25.5. The fraction of sp³-hybridized carbons (Fsp3) is 0.517. The largest absolute Gasteiger partial charge is 0.386 e. The summed E-state index contributed by atoms with van der Waals surface area (Å²) < 4.78 is 5.27. The number of aryl methyl sites for hydroxylation is 1. The average Bonchev–Trinajstić information content (AvgIpc) is 3.54. The Bertz CT molecular complexity index is 1320. The van der Waals surface area contributed by atoms with Crippen LogP contribution >= 0.6 is 0 Å². The Morgan fingerprint density at radius 2 is 1.97 bits per heavy atom. The zero-order valence-electron chi connectivity index (χ0n) is 22.6. The van der Waals surface area contributed by atoms with Gasteiger partial charge in [0.15, 0.2) is 5.82 Å². The molecule has 1 fully saturated rings. The number of amides is 1. The maximum absolute atomic E-state index is 12.9. The van der Waals surface area contributed by atoms with Crippen molar-refractivity contribution in [2.75, 3.05) is 6.54 Å². The van der Waals surface area contributed by atoms with Gasteiger partial charge in [-0.2, -0.15) is 4.98 Å². The van der Waals surface area contributed by atoms with E-state index < -0.39 is 5.60 Å². The highest BCUT2D eigenvalue weighted by Crippen LogP contribution is 2.47. The van der Waals surface area contributed by atoms with Crippen LogP contribution < -0.4 is 5.32 Å². The lowest BCUT2D eigenvalue weighted by molar-refractivity contribution is -0.122. The SMILES string of the molecule is Cc1noc([C@@H]2C[C@H]2C(=O)NCc2ccc(-c3cncc(C(C)(C)O)c3)c3c2CN(C(C)(C)C)CC3)n1. The van der Waals surface area contributed by atoms with E-state index in [2.05, 4.69) is 58.2 Å². The van der Waals surface area contributed by atoms with E-state index in [0.717, 1.165) is 48.2 Å². The smallest absolute Gasteiger partial charge is 0.230 e. The van der Waals surface area contributed by atoms with Gasteiger partial charge in [0.25, 0.3) is 0 Å². The number of rotatable bonds is 6. The van der Waals surface area contributed by atoms with E-state index in [1.807, 2.05) is 12.3 Å². The van der Waals surface area contributed by atoms with E-state index >= 15 is 0 Å². The molecule has 8 heteroatoms. The van der Waals surface area contributed by atoms with Crippen molar-refractivity contribution in [3.8, 4) is 11.1 Å². The second kappa shape index (κ2) is 9.33. The molecule has 0 bridgehead atoms. The molecule has 5 rings (SSSR count). The molecule has 2 aromatic heterocycles. The molecule has 1 aromatic carbocycles. The van der Waals surface area contributed by atoms with Gasteiger partial charge in [-0.25, -0.2) is 0 Å². The van der Waals surface area contributed by atoms with Crippen LogP contribution in [0.3, 0.4) is 0 Å². The molecule has 0 radical (unpaired) electrons. The number of aliphatic hydroxyl groups is 1. The maximum atomic E-state index is 12.9. The van der Waals surface area contributed by atoms with E-state index in [1.54, 1.807) is 27.0 Å². The van der Waals surface area contributed by atoms with Gasteiger partial charge in [0.05, 0.1) is 17.4 Å². The van der Waals surface area contributed by atoms with Gasteiger partial charge < -0.3 is 14.9 Å². The molecule has 196 valence electrons. The predicted molar refractivity (Wildman–Crippen MR) is 141 cm³/mol. The van der Waals surface area contributed by atoms with Crippen LogP contribution in [0, 0.1) is 12.8 Å². The van der Waals surface area contributed by atoms with Crippen molar-refractivity contribution >= 4 is 5.91 Å². The van der Waals surface area contributed by atoms with E-state index in [-0.39, 0.29) is 23.3 Å². The Balaban J connectivity index is 1.41. The van der Waals surface area contributed by atoms with Crippen LogP contribution in [-0.4, -0.2) is 43.1 Å². The van der Waals surface area contributed by atoms with Gasteiger partial charge in [-0.05, 0) is 82.7 Å². The van der Waals surface area contributed by atoms with Crippen molar-refractivity contribution in [2.24, 2.45) is 5.92 Å². The van der Waals surface area contributed by atoms with E-state index in [9.17, 15) is 9.90 Å². The monoisotopic (exact) mass is 503 g/mol. The van der Waals surface area contributed by atoms with Gasteiger partial charge in [-0.15, -0.1) is 0 Å². The summed E-state index contributed by atoms with van der Waals surface area (Å²) in [7, 11) is 0. The summed E-state index contributed by atoms with van der Waals surface area (Å²) in [5, 5.41) is 17.5. The van der Waals surface area contributed by atoms with Crippen LogP contribution in [0.4, 0.5) is 0 Å². The second-order valence-corrected chi connectivity index (χ2v) is 11.9. The fourth-order valence-corrected chi connectivity index (χ4v) is 5.21. The van der Waals surface area contributed by atoms with E-state index in [0.29, 0.717) is 18.3 Å². The summed E-state index contributed by atoms with van der Waals surface area (Å²) >= 11 is 0. The first-order valence-electron chi connectivity index (χ1n) is 13.1. The molecule has 1 aliphatic carbocycles. The molecular weight excluding hydrogens is 466 g/mol. The Morgan fingerprint density at radius 3 is 2.65 bits per heavy atom. The standard InChI is InChI=1S/C29H37N5O3/c1-17-32-27(37-33-17)24-12-23(24)26(35)31-14-18-7-8-21(19-11-20(15-30-13-19)29(5,6)36)22-9-10-34(16-25(18)22)28(2,3)4/h7-8,11,13,15,23-24,36H,9-10,12,14,16H2,1-6H3,(H,31,35)/t23-,24-/m1/s1. The van der Waals surface area contributed by atoms with Crippen molar-refractivity contribution in [1.29, 1.82) is 0 Å². The molecule has 2 N–H and O–H groups in total. The van der Waals surface area contributed by atoms with Gasteiger partial charge in [0.2, 0.25) is 11.8 Å². The lowest BCUT2D eigenvalue weighted by Crippen LogP contribution is -2.44. The number of hydrogen-bond donors (Lipinski definition) is 2. The van der Waals surface area contributed by atoms with E-state index in [1.165, 1.54) is 11.1 Å². The summed E-state index contributed by atoms with van der Waals surface area (Å²) in [4.78, 5) is 24.1. The van der Waals surface area contributed by atoms with Crippen LogP contribution in [0.1, 0.15) is 80.9 Å². The van der Waals surface area contributed by atoms with Crippen molar-refractivity contribution in [2.45, 2.75) is 84.5 Å². The number of carbonyl (C=O) groups is 1. The van der Waals surface area contributed by atoms with Crippen molar-refractivity contribution in [3.05, 3.63) is 64.6 Å². The van der Waals surface area contributed by atoms with Crippen molar-refractivity contribution in [1.82, 2.24) is 25.3 Å². The number of aromatic nitrogens is 3. The number of pyridine rings is 1. The molecule has 2 aliphatic rings. The van der Waals surface area contributed by atoms with Crippen molar-refractivity contribution in [3.63, 3.8) is 0 Å². The molecule has 1 amide bonds.